The summed E-state index contributed by atoms with van der Waals surface area (Å²) in [6, 6.07) is 10.2. The van der Waals surface area contributed by atoms with E-state index in [1.54, 1.807) is 42.7 Å². The Bertz CT molecular complexity index is 901. The van der Waals surface area contributed by atoms with E-state index in [4.69, 9.17) is 4.42 Å². The number of benzene rings is 1. The highest BCUT2D eigenvalue weighted by Crippen LogP contribution is 2.16. The average molecular weight is 384 g/mol. The molecule has 27 heavy (non-hydrogen) atoms. The van der Waals surface area contributed by atoms with Crippen LogP contribution in [0.15, 0.2) is 47.1 Å². The highest BCUT2D eigenvalue weighted by atomic mass is 32.1. The lowest BCUT2D eigenvalue weighted by Gasteiger charge is -2.06. The topological polar surface area (TPSA) is 97.1 Å². The maximum Gasteiger partial charge on any atom is 0.286 e. The van der Waals surface area contributed by atoms with Gasteiger partial charge in [0, 0.05) is 17.7 Å². The van der Waals surface area contributed by atoms with Crippen molar-refractivity contribution in [1.82, 2.24) is 15.5 Å². The Kier molecular flexibility index (Phi) is 5.97. The molecule has 0 atom stereocenters. The Morgan fingerprint density at radius 3 is 2.56 bits per heavy atom. The summed E-state index contributed by atoms with van der Waals surface area (Å²) < 4.78 is 5.18. The van der Waals surface area contributed by atoms with Gasteiger partial charge in [0.1, 0.15) is 10.8 Å². The van der Waals surface area contributed by atoms with Gasteiger partial charge in [-0.2, -0.15) is 0 Å². The molecule has 2 N–H and O–H groups in total. The monoisotopic (exact) mass is 384 g/mol. The molecule has 0 aliphatic carbocycles. The van der Waals surface area contributed by atoms with Gasteiger partial charge < -0.3 is 15.1 Å². The zero-order valence-electron chi connectivity index (χ0n) is 15.1. The molecule has 0 spiro atoms. The summed E-state index contributed by atoms with van der Waals surface area (Å²) in [6.45, 7) is 4.50. The van der Waals surface area contributed by atoms with Crippen LogP contribution in [-0.2, 0) is 13.0 Å². The molecule has 0 aliphatic heterocycles. The second-order valence-electron chi connectivity index (χ2n) is 6.39. The van der Waals surface area contributed by atoms with Gasteiger partial charge in [-0.1, -0.05) is 25.2 Å². The normalized spacial score (nSPS) is 10.8. The summed E-state index contributed by atoms with van der Waals surface area (Å²) in [5.41, 5.74) is 1.08. The van der Waals surface area contributed by atoms with Crippen LogP contribution in [0.4, 0.5) is 5.69 Å². The van der Waals surface area contributed by atoms with Crippen LogP contribution in [0.3, 0.4) is 0 Å². The molecule has 3 aromatic rings. The number of carbonyl (C=O) groups excluding carboxylic acids is 2. The lowest BCUT2D eigenvalue weighted by atomic mass is 10.1. The van der Waals surface area contributed by atoms with Crippen molar-refractivity contribution >= 4 is 28.8 Å². The van der Waals surface area contributed by atoms with Crippen LogP contribution in [0.1, 0.15) is 44.8 Å². The lowest BCUT2D eigenvalue weighted by Crippen LogP contribution is -2.22. The van der Waals surface area contributed by atoms with Crippen molar-refractivity contribution in [2.45, 2.75) is 26.8 Å². The maximum absolute atomic E-state index is 12.3. The minimum absolute atomic E-state index is 0.216. The van der Waals surface area contributed by atoms with E-state index in [1.807, 2.05) is 0 Å². The Hall–Kier alpha value is -3.00. The molecular weight excluding hydrogens is 364 g/mol. The van der Waals surface area contributed by atoms with Gasteiger partial charge in [0.25, 0.3) is 11.8 Å². The van der Waals surface area contributed by atoms with Gasteiger partial charge in [0.05, 0.1) is 12.8 Å². The minimum atomic E-state index is -0.308. The molecule has 3 rings (SSSR count). The van der Waals surface area contributed by atoms with Crippen LogP contribution in [0.5, 0.6) is 0 Å². The molecule has 7 nitrogen and oxygen atoms in total. The average Bonchev–Trinajstić information content (AvgIpc) is 3.31. The SMILES string of the molecule is CC(C)Cc1nnc(C(=O)Nc2ccc(C(=O)NCc3ccco3)cc2)s1. The van der Waals surface area contributed by atoms with Gasteiger partial charge in [-0.25, -0.2) is 0 Å². The van der Waals surface area contributed by atoms with Crippen molar-refractivity contribution in [1.29, 1.82) is 0 Å². The number of hydrogen-bond donors (Lipinski definition) is 2. The van der Waals surface area contributed by atoms with Gasteiger partial charge in [-0.15, -0.1) is 10.2 Å². The van der Waals surface area contributed by atoms with E-state index in [2.05, 4.69) is 34.7 Å². The zero-order valence-corrected chi connectivity index (χ0v) is 15.9. The number of amides is 2. The number of anilines is 1. The summed E-state index contributed by atoms with van der Waals surface area (Å²) in [5.74, 6) is 0.616. The zero-order chi connectivity index (χ0) is 19.2. The van der Waals surface area contributed by atoms with Crippen LogP contribution < -0.4 is 10.6 Å². The van der Waals surface area contributed by atoms with Crippen molar-refractivity contribution in [3.8, 4) is 0 Å². The van der Waals surface area contributed by atoms with Crippen molar-refractivity contribution in [3.63, 3.8) is 0 Å². The summed E-state index contributed by atoms with van der Waals surface area (Å²) in [6.07, 6.45) is 2.36. The molecule has 0 fully saturated rings. The Balaban J connectivity index is 1.55. The second-order valence-corrected chi connectivity index (χ2v) is 7.45. The first-order valence-corrected chi connectivity index (χ1v) is 9.37. The summed E-state index contributed by atoms with van der Waals surface area (Å²) in [7, 11) is 0. The lowest BCUT2D eigenvalue weighted by molar-refractivity contribution is 0.0947. The maximum atomic E-state index is 12.3. The van der Waals surface area contributed by atoms with Crippen molar-refractivity contribution in [2.75, 3.05) is 5.32 Å². The van der Waals surface area contributed by atoms with E-state index >= 15 is 0 Å². The third-order valence-electron chi connectivity index (χ3n) is 3.65. The van der Waals surface area contributed by atoms with Crippen LogP contribution in [0.25, 0.3) is 0 Å². The quantitative estimate of drug-likeness (QED) is 0.650. The minimum Gasteiger partial charge on any atom is -0.467 e. The molecule has 0 bridgehead atoms. The van der Waals surface area contributed by atoms with Gasteiger partial charge in [-0.05, 0) is 42.3 Å². The predicted molar refractivity (Wildman–Crippen MR) is 103 cm³/mol. The van der Waals surface area contributed by atoms with Gasteiger partial charge in [-0.3, -0.25) is 9.59 Å². The standard InChI is InChI=1S/C19H20N4O3S/c1-12(2)10-16-22-23-19(27-16)18(25)21-14-7-5-13(6-8-14)17(24)20-11-15-4-3-9-26-15/h3-9,12H,10-11H2,1-2H3,(H,20,24)(H,21,25). The van der Waals surface area contributed by atoms with E-state index in [0.717, 1.165) is 11.4 Å². The molecule has 2 amide bonds. The number of rotatable bonds is 7. The third kappa shape index (κ3) is 5.24. The van der Waals surface area contributed by atoms with Crippen LogP contribution in [0, 0.1) is 5.92 Å². The fourth-order valence-electron chi connectivity index (χ4n) is 2.35. The van der Waals surface area contributed by atoms with E-state index in [9.17, 15) is 9.59 Å². The predicted octanol–water partition coefficient (Wildman–Crippen LogP) is 3.51. The molecule has 0 radical (unpaired) electrons. The summed E-state index contributed by atoms with van der Waals surface area (Å²) in [4.78, 5) is 24.4. The first-order valence-electron chi connectivity index (χ1n) is 8.55. The highest BCUT2D eigenvalue weighted by Gasteiger charge is 2.14. The molecule has 140 valence electrons. The highest BCUT2D eigenvalue weighted by molar-refractivity contribution is 7.13. The Labute approximate surface area is 160 Å². The molecule has 0 saturated heterocycles. The molecule has 1 aromatic carbocycles. The second kappa shape index (κ2) is 8.59. The van der Waals surface area contributed by atoms with E-state index in [1.165, 1.54) is 11.3 Å². The molecule has 2 heterocycles. The number of aromatic nitrogens is 2. The van der Waals surface area contributed by atoms with E-state index < -0.39 is 0 Å². The molecule has 8 heteroatoms. The number of hydrogen-bond acceptors (Lipinski definition) is 6. The van der Waals surface area contributed by atoms with Crippen molar-refractivity contribution in [2.24, 2.45) is 5.92 Å². The van der Waals surface area contributed by atoms with E-state index in [0.29, 0.717) is 34.5 Å². The first-order chi connectivity index (χ1) is 13.0. The fourth-order valence-corrected chi connectivity index (χ4v) is 3.30. The number of carbonyl (C=O) groups is 2. The number of nitrogens with zero attached hydrogens (tertiary/aromatic N) is 2. The Morgan fingerprint density at radius 2 is 1.89 bits per heavy atom. The molecule has 0 saturated carbocycles. The fraction of sp³-hybridized carbons (Fsp3) is 0.263. The molecule has 0 unspecified atom stereocenters. The van der Waals surface area contributed by atoms with Gasteiger partial charge in [0.2, 0.25) is 5.01 Å². The summed E-state index contributed by atoms with van der Waals surface area (Å²) in [5, 5.41) is 14.7. The molecule has 0 aliphatic rings. The van der Waals surface area contributed by atoms with E-state index in [-0.39, 0.29) is 11.8 Å². The van der Waals surface area contributed by atoms with Crippen LogP contribution in [0.2, 0.25) is 0 Å². The smallest absolute Gasteiger partial charge is 0.286 e. The van der Waals surface area contributed by atoms with Crippen molar-refractivity contribution < 1.29 is 14.0 Å². The van der Waals surface area contributed by atoms with Gasteiger partial charge >= 0.3 is 0 Å². The summed E-state index contributed by atoms with van der Waals surface area (Å²) >= 11 is 1.29. The van der Waals surface area contributed by atoms with Crippen molar-refractivity contribution in [3.05, 3.63) is 64.0 Å². The number of nitrogens with one attached hydrogen (secondary N) is 2. The first kappa shape index (κ1) is 18.8. The Morgan fingerprint density at radius 1 is 1.11 bits per heavy atom. The van der Waals surface area contributed by atoms with Gasteiger partial charge in [0.15, 0.2) is 0 Å². The van der Waals surface area contributed by atoms with Crippen LogP contribution in [-0.4, -0.2) is 22.0 Å². The largest absolute Gasteiger partial charge is 0.467 e. The van der Waals surface area contributed by atoms with Crippen LogP contribution >= 0.6 is 11.3 Å². The number of furan rings is 1. The molecule has 2 aromatic heterocycles. The molecular formula is C19H20N4O3S. The third-order valence-corrected chi connectivity index (χ3v) is 4.60.